The van der Waals surface area contributed by atoms with Crippen LogP contribution in [0.2, 0.25) is 0 Å². The Morgan fingerprint density at radius 1 is 1.07 bits per heavy atom. The van der Waals surface area contributed by atoms with E-state index in [1.165, 1.54) is 18.9 Å². The van der Waals surface area contributed by atoms with Gasteiger partial charge in [0, 0.05) is 34.3 Å². The standard InChI is InChI=1S/C30H29F4N3O3/c1-19-20(2)37(16-21-7-5-4-6-8-21)26-11-10-23(14-25(19)26)28(38)36-35-15-22-9-12-27(39-3)24(13-22)17-40-18-30(33,34)29(31)32/h4-15,29H,16-18H2,1-3H3,(H,36,38)/b35-15+. The molecule has 0 saturated carbocycles. The van der Waals surface area contributed by atoms with Crippen molar-refractivity contribution >= 4 is 23.0 Å². The van der Waals surface area contributed by atoms with Crippen LogP contribution in [0.5, 0.6) is 5.75 Å². The Morgan fingerprint density at radius 3 is 2.52 bits per heavy atom. The maximum atomic E-state index is 13.1. The number of fused-ring (bicyclic) bond motifs is 1. The lowest BCUT2D eigenvalue weighted by Crippen LogP contribution is -2.32. The van der Waals surface area contributed by atoms with E-state index in [4.69, 9.17) is 9.47 Å². The van der Waals surface area contributed by atoms with E-state index in [1.807, 2.05) is 37.3 Å². The Bertz CT molecular complexity index is 1520. The van der Waals surface area contributed by atoms with Gasteiger partial charge in [0.05, 0.1) is 19.9 Å². The van der Waals surface area contributed by atoms with Crippen LogP contribution in [0.25, 0.3) is 10.9 Å². The van der Waals surface area contributed by atoms with Crippen LogP contribution < -0.4 is 10.2 Å². The van der Waals surface area contributed by atoms with E-state index in [9.17, 15) is 22.4 Å². The molecule has 0 aliphatic carbocycles. The predicted octanol–water partition coefficient (Wildman–Crippen LogP) is 6.50. The fourth-order valence-corrected chi connectivity index (χ4v) is 4.34. The minimum atomic E-state index is -4.25. The van der Waals surface area contributed by atoms with Crippen molar-refractivity contribution in [2.24, 2.45) is 5.10 Å². The Labute approximate surface area is 229 Å². The zero-order valence-corrected chi connectivity index (χ0v) is 22.3. The van der Waals surface area contributed by atoms with Crippen LogP contribution >= 0.6 is 0 Å². The Morgan fingerprint density at radius 2 is 1.82 bits per heavy atom. The molecule has 0 radical (unpaired) electrons. The molecule has 3 aromatic carbocycles. The molecular formula is C30H29F4N3O3. The smallest absolute Gasteiger partial charge is 0.330 e. The molecular weight excluding hydrogens is 526 g/mol. The Balaban J connectivity index is 1.45. The summed E-state index contributed by atoms with van der Waals surface area (Å²) in [6.07, 6.45) is -2.45. The number of ether oxygens (including phenoxy) is 2. The third kappa shape index (κ3) is 6.51. The summed E-state index contributed by atoms with van der Waals surface area (Å²) in [7, 11) is 1.39. The number of benzene rings is 3. The summed E-state index contributed by atoms with van der Waals surface area (Å²) in [6, 6.07) is 20.4. The lowest BCUT2D eigenvalue weighted by molar-refractivity contribution is -0.168. The van der Waals surface area contributed by atoms with Crippen LogP contribution in [0.1, 0.15) is 38.3 Å². The highest BCUT2D eigenvalue weighted by molar-refractivity contribution is 5.99. The van der Waals surface area contributed by atoms with Gasteiger partial charge in [-0.1, -0.05) is 30.3 Å². The summed E-state index contributed by atoms with van der Waals surface area (Å²) in [5.74, 6) is -4.32. The average molecular weight is 556 g/mol. The lowest BCUT2D eigenvalue weighted by Gasteiger charge is -2.16. The van der Waals surface area contributed by atoms with Gasteiger partial charge in [-0.2, -0.15) is 13.9 Å². The highest BCUT2D eigenvalue weighted by Crippen LogP contribution is 2.28. The number of halogens is 4. The molecule has 0 bridgehead atoms. The maximum Gasteiger partial charge on any atom is 0.330 e. The molecule has 1 N–H and O–H groups in total. The van der Waals surface area contributed by atoms with E-state index in [2.05, 4.69) is 34.2 Å². The summed E-state index contributed by atoms with van der Waals surface area (Å²) in [4.78, 5) is 12.8. The van der Waals surface area contributed by atoms with Crippen LogP contribution in [0, 0.1) is 13.8 Å². The molecule has 4 rings (SSSR count). The van der Waals surface area contributed by atoms with Gasteiger partial charge in [-0.15, -0.1) is 0 Å². The van der Waals surface area contributed by atoms with Crippen molar-refractivity contribution < 1.29 is 31.8 Å². The normalized spacial score (nSPS) is 12.0. The van der Waals surface area contributed by atoms with Crippen molar-refractivity contribution in [3.05, 3.63) is 100 Å². The molecule has 1 heterocycles. The van der Waals surface area contributed by atoms with Gasteiger partial charge in [0.1, 0.15) is 12.4 Å². The number of alkyl halides is 4. The molecule has 0 aliphatic rings. The molecule has 0 unspecified atom stereocenters. The number of methoxy groups -OCH3 is 1. The van der Waals surface area contributed by atoms with Gasteiger partial charge in [-0.25, -0.2) is 14.2 Å². The van der Waals surface area contributed by atoms with E-state index in [-0.39, 0.29) is 6.61 Å². The van der Waals surface area contributed by atoms with Crippen LogP contribution in [0.15, 0.2) is 71.8 Å². The van der Waals surface area contributed by atoms with Gasteiger partial charge < -0.3 is 14.0 Å². The molecule has 0 atom stereocenters. The number of nitrogens with one attached hydrogen (secondary N) is 1. The highest BCUT2D eigenvalue weighted by Gasteiger charge is 2.41. The van der Waals surface area contributed by atoms with Gasteiger partial charge >= 0.3 is 12.3 Å². The third-order valence-electron chi connectivity index (χ3n) is 6.64. The van der Waals surface area contributed by atoms with E-state index < -0.39 is 24.9 Å². The summed E-state index contributed by atoms with van der Waals surface area (Å²) in [6.45, 7) is 3.00. The number of nitrogens with zero attached hydrogens (tertiary/aromatic N) is 2. The topological polar surface area (TPSA) is 64.8 Å². The minimum Gasteiger partial charge on any atom is -0.496 e. The number of hydrazone groups is 1. The number of carbonyl (C=O) groups is 1. The fourth-order valence-electron chi connectivity index (χ4n) is 4.34. The second kappa shape index (κ2) is 12.3. The number of carbonyl (C=O) groups excluding carboxylic acids is 1. The van der Waals surface area contributed by atoms with E-state index >= 15 is 0 Å². The third-order valence-corrected chi connectivity index (χ3v) is 6.64. The summed E-state index contributed by atoms with van der Waals surface area (Å²) in [5, 5.41) is 4.98. The number of aromatic nitrogens is 1. The Hall–Kier alpha value is -4.18. The van der Waals surface area contributed by atoms with Crippen molar-refractivity contribution in [2.45, 2.75) is 39.3 Å². The number of rotatable bonds is 11. The van der Waals surface area contributed by atoms with Gasteiger partial charge in [0.25, 0.3) is 5.91 Å². The Kier molecular flexibility index (Phi) is 8.89. The van der Waals surface area contributed by atoms with Crippen molar-refractivity contribution in [3.8, 4) is 5.75 Å². The molecule has 1 aromatic heterocycles. The van der Waals surface area contributed by atoms with Gasteiger partial charge in [-0.3, -0.25) is 4.79 Å². The molecule has 0 saturated heterocycles. The molecule has 0 aliphatic heterocycles. The summed E-state index contributed by atoms with van der Waals surface area (Å²) < 4.78 is 63.2. The SMILES string of the molecule is COc1ccc(/C=N/NC(=O)c2ccc3c(c2)c(C)c(C)n3Cc2ccccc2)cc1COCC(F)(F)C(F)F. The highest BCUT2D eigenvalue weighted by atomic mass is 19.3. The monoisotopic (exact) mass is 555 g/mol. The molecule has 4 aromatic rings. The molecule has 0 fully saturated rings. The molecule has 40 heavy (non-hydrogen) atoms. The first-order valence-electron chi connectivity index (χ1n) is 12.5. The van der Waals surface area contributed by atoms with Gasteiger partial charge in [0.15, 0.2) is 0 Å². The van der Waals surface area contributed by atoms with Crippen molar-refractivity contribution in [1.82, 2.24) is 9.99 Å². The molecule has 10 heteroatoms. The molecule has 6 nitrogen and oxygen atoms in total. The van der Waals surface area contributed by atoms with Gasteiger partial charge in [0.2, 0.25) is 0 Å². The molecule has 0 spiro atoms. The van der Waals surface area contributed by atoms with Crippen molar-refractivity contribution in [3.63, 3.8) is 0 Å². The van der Waals surface area contributed by atoms with E-state index in [0.717, 1.165) is 28.7 Å². The number of aryl methyl sites for hydroxylation is 1. The zero-order chi connectivity index (χ0) is 28.9. The van der Waals surface area contributed by atoms with Crippen LogP contribution in [0.4, 0.5) is 17.6 Å². The lowest BCUT2D eigenvalue weighted by atomic mass is 10.1. The minimum absolute atomic E-state index is 0.333. The van der Waals surface area contributed by atoms with Crippen molar-refractivity contribution in [2.75, 3.05) is 13.7 Å². The van der Waals surface area contributed by atoms with E-state index in [0.29, 0.717) is 22.4 Å². The quantitative estimate of drug-likeness (QED) is 0.131. The summed E-state index contributed by atoms with van der Waals surface area (Å²) in [5.41, 5.74) is 8.22. The zero-order valence-electron chi connectivity index (χ0n) is 22.3. The second-order valence-electron chi connectivity index (χ2n) is 9.34. The molecule has 210 valence electrons. The fraction of sp³-hybridized carbons (Fsp3) is 0.267. The van der Waals surface area contributed by atoms with Crippen molar-refractivity contribution in [1.29, 1.82) is 0 Å². The number of amides is 1. The number of hydrogen-bond acceptors (Lipinski definition) is 4. The number of hydrogen-bond donors (Lipinski definition) is 1. The predicted molar refractivity (Wildman–Crippen MR) is 146 cm³/mol. The first-order chi connectivity index (χ1) is 19.1. The van der Waals surface area contributed by atoms with Crippen LogP contribution in [-0.2, 0) is 17.9 Å². The molecule has 1 amide bonds. The summed E-state index contributed by atoms with van der Waals surface area (Å²) >= 11 is 0. The second-order valence-corrected chi connectivity index (χ2v) is 9.34. The maximum absolute atomic E-state index is 13.1. The van der Waals surface area contributed by atoms with Gasteiger partial charge in [-0.05, 0) is 66.9 Å². The first kappa shape index (κ1) is 28.8. The van der Waals surface area contributed by atoms with Crippen LogP contribution in [0.3, 0.4) is 0 Å². The largest absolute Gasteiger partial charge is 0.496 e. The first-order valence-corrected chi connectivity index (χ1v) is 12.5. The van der Waals surface area contributed by atoms with Crippen LogP contribution in [-0.4, -0.2) is 42.8 Å². The van der Waals surface area contributed by atoms with E-state index in [1.54, 1.807) is 24.3 Å². The average Bonchev–Trinajstić information content (AvgIpc) is 3.17.